The Labute approximate surface area is 89.7 Å². The first kappa shape index (κ1) is 9.60. The summed E-state index contributed by atoms with van der Waals surface area (Å²) < 4.78 is 2.28. The number of nitrogens with two attached hydrogens (primary N) is 1. The molecule has 0 aliphatic heterocycles. The third kappa shape index (κ3) is 1.78. The molecule has 0 amide bonds. The van der Waals surface area contributed by atoms with E-state index in [0.717, 1.165) is 18.5 Å². The number of rotatable bonds is 2. The summed E-state index contributed by atoms with van der Waals surface area (Å²) in [7, 11) is 1.80. The van der Waals surface area contributed by atoms with Crippen LogP contribution >= 0.6 is 15.9 Å². The molecule has 1 fully saturated rings. The summed E-state index contributed by atoms with van der Waals surface area (Å²) in [5.74, 6) is 6.04. The van der Waals surface area contributed by atoms with E-state index in [9.17, 15) is 0 Å². The highest BCUT2D eigenvalue weighted by Crippen LogP contribution is 2.24. The Kier molecular flexibility index (Phi) is 2.51. The van der Waals surface area contributed by atoms with Gasteiger partial charge < -0.3 is 5.43 Å². The van der Waals surface area contributed by atoms with Crippen LogP contribution in [0.15, 0.2) is 9.60 Å². The predicted octanol–water partition coefficient (Wildman–Crippen LogP) is -0.0501. The van der Waals surface area contributed by atoms with E-state index in [2.05, 4.69) is 36.7 Å². The highest BCUT2D eigenvalue weighted by Gasteiger charge is 2.23. The first-order chi connectivity index (χ1) is 6.72. The topological polar surface area (TPSA) is 81.1 Å². The number of aliphatic imine (C=N–C) groups is 1. The van der Waals surface area contributed by atoms with E-state index in [1.165, 1.54) is 0 Å². The van der Waals surface area contributed by atoms with Crippen molar-refractivity contribution >= 4 is 21.8 Å². The number of hydrogen-bond acceptors (Lipinski definition) is 4. The van der Waals surface area contributed by atoms with Crippen LogP contribution in [0, 0.1) is 0 Å². The van der Waals surface area contributed by atoms with E-state index in [4.69, 9.17) is 5.84 Å². The molecule has 1 aliphatic carbocycles. The minimum absolute atomic E-state index is 0.405. The number of nitrogens with zero attached hydrogens (tertiary/aromatic N) is 4. The van der Waals surface area contributed by atoms with Crippen LogP contribution in [0.4, 0.5) is 0 Å². The van der Waals surface area contributed by atoms with Crippen molar-refractivity contribution in [2.75, 3.05) is 0 Å². The molecule has 0 bridgehead atoms. The van der Waals surface area contributed by atoms with Crippen LogP contribution in [-0.4, -0.2) is 26.9 Å². The number of aryl methyl sites for hydroxylation is 1. The Morgan fingerprint density at radius 2 is 2.43 bits per heavy atom. The Morgan fingerprint density at radius 3 is 2.86 bits per heavy atom. The van der Waals surface area contributed by atoms with Gasteiger partial charge in [-0.05, 0) is 28.8 Å². The van der Waals surface area contributed by atoms with Gasteiger partial charge in [-0.1, -0.05) is 5.21 Å². The van der Waals surface area contributed by atoms with Crippen LogP contribution < -0.4 is 11.3 Å². The van der Waals surface area contributed by atoms with Crippen LogP contribution in [0.5, 0.6) is 0 Å². The lowest BCUT2D eigenvalue weighted by molar-refractivity contribution is 0.705. The molecule has 6 nitrogen and oxygen atoms in total. The summed E-state index contributed by atoms with van der Waals surface area (Å²) >= 11 is 3.30. The lowest BCUT2D eigenvalue weighted by Gasteiger charge is -2.04. The maximum Gasteiger partial charge on any atom is 0.164 e. The molecular weight excluding hydrogens is 248 g/mol. The summed E-state index contributed by atoms with van der Waals surface area (Å²) in [6.07, 6.45) is 2.27. The van der Waals surface area contributed by atoms with Crippen LogP contribution in [0.1, 0.15) is 18.5 Å². The fourth-order valence-electron chi connectivity index (χ4n) is 1.14. The molecule has 7 heteroatoms. The van der Waals surface area contributed by atoms with Crippen molar-refractivity contribution in [1.82, 2.24) is 20.4 Å². The standard InChI is InChI=1S/C7H11BrN6/c1-14-5(6(8)12-13-14)7(11-9)10-4-2-3-4/h4H,2-3,9H2,1H3,(H,10,11). The number of nitrogens with one attached hydrogen (secondary N) is 1. The molecule has 14 heavy (non-hydrogen) atoms. The first-order valence-corrected chi connectivity index (χ1v) is 5.11. The fraction of sp³-hybridized carbons (Fsp3) is 0.571. The predicted molar refractivity (Wildman–Crippen MR) is 55.6 cm³/mol. The minimum Gasteiger partial charge on any atom is -0.307 e. The van der Waals surface area contributed by atoms with Gasteiger partial charge in [0.1, 0.15) is 5.69 Å². The van der Waals surface area contributed by atoms with Crippen molar-refractivity contribution in [2.45, 2.75) is 18.9 Å². The fourth-order valence-corrected chi connectivity index (χ4v) is 1.65. The van der Waals surface area contributed by atoms with Gasteiger partial charge in [0.05, 0.1) is 6.04 Å². The Hall–Kier alpha value is -0.950. The molecule has 1 aliphatic rings. The molecule has 1 aromatic rings. The van der Waals surface area contributed by atoms with E-state index in [1.807, 2.05) is 0 Å². The van der Waals surface area contributed by atoms with Gasteiger partial charge in [-0.15, -0.1) is 5.10 Å². The maximum atomic E-state index is 5.41. The summed E-state index contributed by atoms with van der Waals surface area (Å²) in [4.78, 5) is 4.42. The van der Waals surface area contributed by atoms with Crippen molar-refractivity contribution in [3.05, 3.63) is 10.3 Å². The zero-order chi connectivity index (χ0) is 10.1. The Morgan fingerprint density at radius 1 is 1.71 bits per heavy atom. The molecule has 1 aromatic heterocycles. The molecule has 1 saturated carbocycles. The SMILES string of the molecule is Cn1nnc(Br)c1C(=NC1CC1)NN. The smallest absolute Gasteiger partial charge is 0.164 e. The van der Waals surface area contributed by atoms with Gasteiger partial charge in [-0.3, -0.25) is 4.99 Å². The number of hydrogen-bond donors (Lipinski definition) is 2. The maximum absolute atomic E-state index is 5.41. The normalized spacial score (nSPS) is 17.2. The van der Waals surface area contributed by atoms with Crippen molar-refractivity contribution in [3.8, 4) is 0 Å². The second-order valence-corrected chi connectivity index (χ2v) is 3.96. The van der Waals surface area contributed by atoms with Crippen molar-refractivity contribution in [1.29, 1.82) is 0 Å². The molecular formula is C7H11BrN6. The molecule has 1 heterocycles. The van der Waals surface area contributed by atoms with E-state index in [-0.39, 0.29) is 0 Å². The third-order valence-electron chi connectivity index (χ3n) is 2.01. The number of amidine groups is 1. The summed E-state index contributed by atoms with van der Waals surface area (Å²) in [6.45, 7) is 0. The summed E-state index contributed by atoms with van der Waals surface area (Å²) in [6, 6.07) is 0.405. The monoisotopic (exact) mass is 258 g/mol. The molecule has 0 unspecified atom stereocenters. The van der Waals surface area contributed by atoms with Gasteiger partial charge in [-0.25, -0.2) is 10.5 Å². The molecule has 0 spiro atoms. The minimum atomic E-state index is 0.405. The largest absolute Gasteiger partial charge is 0.307 e. The van der Waals surface area contributed by atoms with Crippen molar-refractivity contribution in [3.63, 3.8) is 0 Å². The molecule has 2 rings (SSSR count). The van der Waals surface area contributed by atoms with E-state index in [0.29, 0.717) is 16.5 Å². The number of hydrazine groups is 1. The van der Waals surface area contributed by atoms with Crippen molar-refractivity contribution in [2.24, 2.45) is 17.9 Å². The summed E-state index contributed by atoms with van der Waals surface area (Å²) in [5.41, 5.74) is 3.35. The van der Waals surface area contributed by atoms with E-state index in [1.54, 1.807) is 11.7 Å². The molecule has 0 aromatic carbocycles. The average molecular weight is 259 g/mol. The van der Waals surface area contributed by atoms with E-state index >= 15 is 0 Å². The zero-order valence-electron chi connectivity index (χ0n) is 7.74. The van der Waals surface area contributed by atoms with Crippen LogP contribution in [0.2, 0.25) is 0 Å². The molecule has 3 N–H and O–H groups in total. The van der Waals surface area contributed by atoms with Gasteiger partial charge in [0.15, 0.2) is 10.4 Å². The van der Waals surface area contributed by atoms with Gasteiger partial charge in [0.2, 0.25) is 0 Å². The Balaban J connectivity index is 2.34. The van der Waals surface area contributed by atoms with Crippen LogP contribution in [-0.2, 0) is 7.05 Å². The highest BCUT2D eigenvalue weighted by atomic mass is 79.9. The quantitative estimate of drug-likeness (QED) is 0.337. The van der Waals surface area contributed by atoms with Gasteiger partial charge in [0.25, 0.3) is 0 Å². The van der Waals surface area contributed by atoms with Gasteiger partial charge in [0, 0.05) is 7.05 Å². The lowest BCUT2D eigenvalue weighted by atomic mass is 10.4. The molecule has 0 atom stereocenters. The van der Waals surface area contributed by atoms with Gasteiger partial charge in [-0.2, -0.15) is 0 Å². The van der Waals surface area contributed by atoms with E-state index < -0.39 is 0 Å². The molecule has 76 valence electrons. The average Bonchev–Trinajstić information content (AvgIpc) is 2.92. The second-order valence-electron chi connectivity index (χ2n) is 3.21. The van der Waals surface area contributed by atoms with Gasteiger partial charge >= 0.3 is 0 Å². The lowest BCUT2D eigenvalue weighted by Crippen LogP contribution is -2.33. The molecule has 0 radical (unpaired) electrons. The molecule has 0 saturated heterocycles. The number of halogens is 1. The van der Waals surface area contributed by atoms with Crippen LogP contribution in [0.25, 0.3) is 0 Å². The third-order valence-corrected chi connectivity index (χ3v) is 2.54. The zero-order valence-corrected chi connectivity index (χ0v) is 9.32. The van der Waals surface area contributed by atoms with Crippen LogP contribution in [0.3, 0.4) is 0 Å². The first-order valence-electron chi connectivity index (χ1n) is 4.32. The number of aromatic nitrogens is 3. The Bertz CT molecular complexity index is 347. The second kappa shape index (κ2) is 3.66. The van der Waals surface area contributed by atoms with Crippen molar-refractivity contribution < 1.29 is 0 Å². The summed E-state index contributed by atoms with van der Waals surface area (Å²) in [5, 5.41) is 7.72. The highest BCUT2D eigenvalue weighted by molar-refractivity contribution is 9.10.